The fourth-order valence-electron chi connectivity index (χ4n) is 1.43. The van der Waals surface area contributed by atoms with E-state index in [-0.39, 0.29) is 0 Å². The van der Waals surface area contributed by atoms with Crippen LogP contribution >= 0.6 is 0 Å². The highest BCUT2D eigenvalue weighted by molar-refractivity contribution is 5.67. The first-order valence-electron chi connectivity index (χ1n) is 4.70. The maximum Gasteiger partial charge on any atom is 0.105 e. The van der Waals surface area contributed by atoms with E-state index in [1.807, 2.05) is 18.2 Å². The second kappa shape index (κ2) is 4.29. The van der Waals surface area contributed by atoms with Gasteiger partial charge in [0.05, 0.1) is 11.3 Å². The Morgan fingerprint density at radius 2 is 1.81 bits per heavy atom. The average Bonchev–Trinajstić information content (AvgIpc) is 2.38. The van der Waals surface area contributed by atoms with Crippen molar-refractivity contribution in [2.45, 2.75) is 0 Å². The van der Waals surface area contributed by atoms with Gasteiger partial charge in [-0.2, -0.15) is 0 Å². The van der Waals surface area contributed by atoms with E-state index < -0.39 is 0 Å². The molecule has 0 N–H and O–H groups in total. The summed E-state index contributed by atoms with van der Waals surface area (Å²) in [6, 6.07) is 7.29. The Bertz CT molecular complexity index is 586. The molecule has 0 atom stereocenters. The summed E-state index contributed by atoms with van der Waals surface area (Å²) >= 11 is 0. The normalized spacial score (nSPS) is 9.12. The van der Waals surface area contributed by atoms with Crippen molar-refractivity contribution >= 4 is 0 Å². The van der Waals surface area contributed by atoms with Gasteiger partial charge in [0.2, 0.25) is 0 Å². The standard InChI is InChI=1S/C14H8N2/c1-3-11-8-10-16-14(12(11)4-2)13-7-5-6-9-15-13/h1-2,5-10H. The van der Waals surface area contributed by atoms with Gasteiger partial charge < -0.3 is 0 Å². The molecule has 74 valence electrons. The van der Waals surface area contributed by atoms with Crippen molar-refractivity contribution in [3.63, 3.8) is 0 Å². The Hall–Kier alpha value is -2.58. The number of hydrogen-bond acceptors (Lipinski definition) is 2. The third-order valence-corrected chi connectivity index (χ3v) is 2.16. The summed E-state index contributed by atoms with van der Waals surface area (Å²) in [4.78, 5) is 8.43. The predicted molar refractivity (Wildman–Crippen MR) is 63.3 cm³/mol. The molecule has 0 saturated carbocycles. The lowest BCUT2D eigenvalue weighted by molar-refractivity contribution is 1.23. The lowest BCUT2D eigenvalue weighted by Gasteiger charge is -2.04. The van der Waals surface area contributed by atoms with Gasteiger partial charge in [-0.15, -0.1) is 12.8 Å². The van der Waals surface area contributed by atoms with E-state index in [0.29, 0.717) is 16.8 Å². The molecule has 0 fully saturated rings. The maximum absolute atomic E-state index is 5.45. The van der Waals surface area contributed by atoms with E-state index in [1.165, 1.54) is 0 Å². The zero-order chi connectivity index (χ0) is 11.4. The summed E-state index contributed by atoms with van der Waals surface area (Å²) in [5, 5.41) is 0. The van der Waals surface area contributed by atoms with Crippen molar-refractivity contribution in [2.24, 2.45) is 0 Å². The minimum atomic E-state index is 0.615. The van der Waals surface area contributed by atoms with E-state index in [1.54, 1.807) is 18.5 Å². The molecule has 0 aliphatic heterocycles. The summed E-state index contributed by atoms with van der Waals surface area (Å²) in [5.74, 6) is 5.11. The summed E-state index contributed by atoms with van der Waals surface area (Å²) in [6.07, 6.45) is 14.2. The number of rotatable bonds is 1. The molecule has 0 spiro atoms. The quantitative estimate of drug-likeness (QED) is 0.665. The van der Waals surface area contributed by atoms with Crippen LogP contribution in [0.1, 0.15) is 11.1 Å². The summed E-state index contributed by atoms with van der Waals surface area (Å²) in [7, 11) is 0. The molecule has 2 heteroatoms. The van der Waals surface area contributed by atoms with Crippen LogP contribution in [0.4, 0.5) is 0 Å². The molecule has 0 saturated heterocycles. The van der Waals surface area contributed by atoms with E-state index >= 15 is 0 Å². The largest absolute Gasteiger partial charge is 0.255 e. The number of nitrogens with zero attached hydrogens (tertiary/aromatic N) is 2. The van der Waals surface area contributed by atoms with Gasteiger partial charge in [-0.3, -0.25) is 9.97 Å². The first kappa shape index (κ1) is 9.96. The zero-order valence-electron chi connectivity index (χ0n) is 8.51. The molecule has 2 rings (SSSR count). The Morgan fingerprint density at radius 1 is 0.938 bits per heavy atom. The van der Waals surface area contributed by atoms with Gasteiger partial charge in [0.25, 0.3) is 0 Å². The van der Waals surface area contributed by atoms with Crippen molar-refractivity contribution in [1.29, 1.82) is 0 Å². The van der Waals surface area contributed by atoms with Crippen molar-refractivity contribution < 1.29 is 0 Å². The Balaban J connectivity index is 2.69. The second-order valence-electron chi connectivity index (χ2n) is 3.09. The molecular formula is C14H8N2. The van der Waals surface area contributed by atoms with Crippen molar-refractivity contribution in [2.75, 3.05) is 0 Å². The van der Waals surface area contributed by atoms with E-state index in [9.17, 15) is 0 Å². The molecule has 0 radical (unpaired) electrons. The van der Waals surface area contributed by atoms with Gasteiger partial charge in [-0.05, 0) is 18.2 Å². The average molecular weight is 204 g/mol. The molecule has 0 aliphatic rings. The van der Waals surface area contributed by atoms with Gasteiger partial charge in [-0.1, -0.05) is 17.9 Å². The van der Waals surface area contributed by atoms with E-state index in [0.717, 1.165) is 5.69 Å². The predicted octanol–water partition coefficient (Wildman–Crippen LogP) is 2.11. The SMILES string of the molecule is C#Cc1ccnc(-c2ccccn2)c1C#C. The Kier molecular flexibility index (Phi) is 2.67. The van der Waals surface area contributed by atoms with Gasteiger partial charge >= 0.3 is 0 Å². The van der Waals surface area contributed by atoms with Crippen LogP contribution in [-0.4, -0.2) is 9.97 Å². The minimum absolute atomic E-state index is 0.615. The first-order valence-corrected chi connectivity index (χ1v) is 4.70. The van der Waals surface area contributed by atoms with Crippen LogP contribution in [0.5, 0.6) is 0 Å². The molecule has 16 heavy (non-hydrogen) atoms. The van der Waals surface area contributed by atoms with Crippen molar-refractivity contribution in [3.8, 4) is 36.1 Å². The number of aromatic nitrogens is 2. The Labute approximate surface area is 94.4 Å². The molecule has 0 amide bonds. The monoisotopic (exact) mass is 204 g/mol. The van der Waals surface area contributed by atoms with Crippen LogP contribution in [0.25, 0.3) is 11.4 Å². The fraction of sp³-hybridized carbons (Fsp3) is 0. The molecule has 0 aliphatic carbocycles. The minimum Gasteiger partial charge on any atom is -0.255 e. The molecule has 0 aromatic carbocycles. The molecule has 2 nitrogen and oxygen atoms in total. The van der Waals surface area contributed by atoms with Crippen LogP contribution < -0.4 is 0 Å². The van der Waals surface area contributed by atoms with Crippen LogP contribution in [0.2, 0.25) is 0 Å². The van der Waals surface area contributed by atoms with Gasteiger partial charge in [0.15, 0.2) is 0 Å². The van der Waals surface area contributed by atoms with Gasteiger partial charge in [-0.25, -0.2) is 0 Å². The summed E-state index contributed by atoms with van der Waals surface area (Å²) < 4.78 is 0. The highest BCUT2D eigenvalue weighted by atomic mass is 14.8. The van der Waals surface area contributed by atoms with Crippen molar-refractivity contribution in [1.82, 2.24) is 9.97 Å². The smallest absolute Gasteiger partial charge is 0.105 e. The molecular weight excluding hydrogens is 196 g/mol. The highest BCUT2D eigenvalue weighted by Gasteiger charge is 2.08. The van der Waals surface area contributed by atoms with Gasteiger partial charge in [0, 0.05) is 18.0 Å². The third kappa shape index (κ3) is 1.65. The van der Waals surface area contributed by atoms with Crippen LogP contribution in [0.3, 0.4) is 0 Å². The van der Waals surface area contributed by atoms with Crippen molar-refractivity contribution in [3.05, 3.63) is 47.8 Å². The van der Waals surface area contributed by atoms with E-state index in [2.05, 4.69) is 21.8 Å². The summed E-state index contributed by atoms with van der Waals surface area (Å²) in [6.45, 7) is 0. The topological polar surface area (TPSA) is 25.8 Å². The second-order valence-corrected chi connectivity index (χ2v) is 3.09. The van der Waals surface area contributed by atoms with E-state index in [4.69, 9.17) is 12.8 Å². The van der Waals surface area contributed by atoms with Crippen LogP contribution in [0.15, 0.2) is 36.7 Å². The number of hydrogen-bond donors (Lipinski definition) is 0. The summed E-state index contributed by atoms with van der Waals surface area (Å²) in [5.41, 5.74) is 2.66. The molecule has 2 aromatic heterocycles. The third-order valence-electron chi connectivity index (χ3n) is 2.16. The number of terminal acetylenes is 2. The fourth-order valence-corrected chi connectivity index (χ4v) is 1.43. The lowest BCUT2D eigenvalue weighted by Crippen LogP contribution is -1.94. The molecule has 0 unspecified atom stereocenters. The number of pyridine rings is 2. The first-order chi connectivity index (χ1) is 7.86. The molecule has 0 bridgehead atoms. The van der Waals surface area contributed by atoms with Crippen LogP contribution in [0, 0.1) is 24.7 Å². The van der Waals surface area contributed by atoms with Gasteiger partial charge in [0.1, 0.15) is 5.69 Å². The van der Waals surface area contributed by atoms with Crippen LogP contribution in [-0.2, 0) is 0 Å². The maximum atomic E-state index is 5.45. The highest BCUT2D eigenvalue weighted by Crippen LogP contribution is 2.20. The zero-order valence-corrected chi connectivity index (χ0v) is 8.51. The molecule has 2 aromatic rings. The Morgan fingerprint density at radius 3 is 2.44 bits per heavy atom. The lowest BCUT2D eigenvalue weighted by atomic mass is 10.1. The molecule has 2 heterocycles.